The number of fused-ring (bicyclic) bond motifs is 1. The van der Waals surface area contributed by atoms with E-state index >= 15 is 0 Å². The summed E-state index contributed by atoms with van der Waals surface area (Å²) in [5, 5.41) is 1.78. The van der Waals surface area contributed by atoms with Crippen LogP contribution in [-0.4, -0.2) is 36.3 Å². The first-order chi connectivity index (χ1) is 15.0. The molecule has 0 N–H and O–H groups in total. The topological polar surface area (TPSA) is 55.8 Å². The Labute approximate surface area is 211 Å². The second-order valence-electron chi connectivity index (χ2n) is 6.67. The second kappa shape index (κ2) is 9.78. The van der Waals surface area contributed by atoms with Crippen LogP contribution in [0.4, 0.5) is 4.79 Å². The van der Waals surface area contributed by atoms with Crippen molar-refractivity contribution in [2.45, 2.75) is 0 Å². The van der Waals surface area contributed by atoms with Crippen molar-refractivity contribution in [3.8, 4) is 11.5 Å². The number of methoxy groups -OCH3 is 1. The third kappa shape index (κ3) is 4.85. The smallest absolute Gasteiger partial charge is 0.293 e. The molecular weight excluding hydrogens is 640 g/mol. The molecule has 3 aromatic rings. The molecule has 1 aliphatic rings. The van der Waals surface area contributed by atoms with E-state index in [-0.39, 0.29) is 24.3 Å². The highest BCUT2D eigenvalue weighted by molar-refractivity contribution is 14.1. The molecule has 0 aliphatic carbocycles. The largest absolute Gasteiger partial charge is 0.495 e. The van der Waals surface area contributed by atoms with E-state index in [9.17, 15) is 9.59 Å². The van der Waals surface area contributed by atoms with Crippen LogP contribution in [0.3, 0.4) is 0 Å². The Hall–Kier alpha value is -1.79. The molecule has 8 heteroatoms. The number of hydrogen-bond donors (Lipinski definition) is 0. The monoisotopic (exact) mass is 657 g/mol. The van der Waals surface area contributed by atoms with Crippen molar-refractivity contribution in [1.29, 1.82) is 0 Å². The summed E-state index contributed by atoms with van der Waals surface area (Å²) < 4.78 is 13.4. The van der Waals surface area contributed by atoms with Gasteiger partial charge in [-0.15, -0.1) is 0 Å². The van der Waals surface area contributed by atoms with Gasteiger partial charge in [-0.2, -0.15) is 0 Å². The van der Waals surface area contributed by atoms with Gasteiger partial charge in [-0.05, 0) is 86.6 Å². The van der Waals surface area contributed by atoms with Gasteiger partial charge in [-0.25, -0.2) is 0 Å². The third-order valence-electron chi connectivity index (χ3n) is 4.72. The average Bonchev–Trinajstić information content (AvgIpc) is 3.01. The highest BCUT2D eigenvalue weighted by atomic mass is 127. The number of halogens is 2. The van der Waals surface area contributed by atoms with Crippen molar-refractivity contribution < 1.29 is 19.1 Å². The fraction of sp³-hybridized carbons (Fsp3) is 0.130. The Balaban J connectivity index is 1.48. The Morgan fingerprint density at radius 3 is 2.65 bits per heavy atom. The minimum atomic E-state index is -0.313. The van der Waals surface area contributed by atoms with E-state index in [1.165, 1.54) is 4.90 Å². The maximum absolute atomic E-state index is 12.9. The molecule has 0 saturated carbocycles. The van der Waals surface area contributed by atoms with E-state index in [0.29, 0.717) is 10.7 Å². The number of rotatable bonds is 6. The molecule has 0 atom stereocenters. The fourth-order valence-corrected chi connectivity index (χ4v) is 6.27. The molecule has 4 rings (SSSR count). The van der Waals surface area contributed by atoms with Crippen molar-refractivity contribution in [2.24, 2.45) is 0 Å². The molecule has 31 heavy (non-hydrogen) atoms. The zero-order valence-electron chi connectivity index (χ0n) is 16.4. The van der Waals surface area contributed by atoms with Gasteiger partial charge in [0.1, 0.15) is 18.1 Å². The number of thioether (sulfide) groups is 1. The summed E-state index contributed by atoms with van der Waals surface area (Å²) in [6.07, 6.45) is 1.72. The standard InChI is InChI=1S/C23H17I2NO4S/c1-29-21-15(11-16(24)13-18(21)25)12-20-22(27)26(23(28)31-20)9-10-30-19-8-4-6-14-5-2-3-7-17(14)19/h2-8,11-13H,9-10H2,1H3/b20-12-. The molecule has 3 aromatic carbocycles. The highest BCUT2D eigenvalue weighted by Crippen LogP contribution is 2.36. The van der Waals surface area contributed by atoms with Gasteiger partial charge in [0.05, 0.1) is 22.1 Å². The van der Waals surface area contributed by atoms with Crippen LogP contribution < -0.4 is 9.47 Å². The molecule has 5 nitrogen and oxygen atoms in total. The van der Waals surface area contributed by atoms with Gasteiger partial charge in [0.15, 0.2) is 0 Å². The van der Waals surface area contributed by atoms with Crippen LogP contribution in [0.5, 0.6) is 11.5 Å². The Morgan fingerprint density at radius 2 is 1.84 bits per heavy atom. The first-order valence-electron chi connectivity index (χ1n) is 9.37. The zero-order valence-corrected chi connectivity index (χ0v) is 21.6. The van der Waals surface area contributed by atoms with Crippen molar-refractivity contribution >= 4 is 84.9 Å². The summed E-state index contributed by atoms with van der Waals surface area (Å²) in [6, 6.07) is 17.7. The summed E-state index contributed by atoms with van der Waals surface area (Å²) in [6.45, 7) is 0.413. The van der Waals surface area contributed by atoms with Crippen LogP contribution in [-0.2, 0) is 4.79 Å². The molecular formula is C23H17I2NO4S. The van der Waals surface area contributed by atoms with Crippen LogP contribution in [0, 0.1) is 7.14 Å². The number of benzene rings is 3. The van der Waals surface area contributed by atoms with Crippen LogP contribution in [0.25, 0.3) is 16.8 Å². The third-order valence-corrected chi connectivity index (χ3v) is 7.06. The summed E-state index contributed by atoms with van der Waals surface area (Å²) in [5.74, 6) is 1.11. The highest BCUT2D eigenvalue weighted by Gasteiger charge is 2.35. The quantitative estimate of drug-likeness (QED) is 0.235. The second-order valence-corrected chi connectivity index (χ2v) is 10.1. The minimum Gasteiger partial charge on any atom is -0.495 e. The lowest BCUT2D eigenvalue weighted by Gasteiger charge is -2.14. The van der Waals surface area contributed by atoms with Gasteiger partial charge in [0, 0.05) is 14.5 Å². The molecule has 1 fully saturated rings. The number of carbonyl (C=O) groups excluding carboxylic acids is 2. The number of hydrogen-bond acceptors (Lipinski definition) is 5. The molecule has 0 bridgehead atoms. The molecule has 2 amide bonds. The van der Waals surface area contributed by atoms with Crippen molar-refractivity contribution in [1.82, 2.24) is 4.90 Å². The van der Waals surface area contributed by atoms with Crippen LogP contribution in [0.2, 0.25) is 0 Å². The van der Waals surface area contributed by atoms with Gasteiger partial charge >= 0.3 is 0 Å². The molecule has 1 saturated heterocycles. The molecule has 0 spiro atoms. The molecule has 0 aromatic heterocycles. The van der Waals surface area contributed by atoms with Gasteiger partial charge < -0.3 is 9.47 Å². The normalized spacial score (nSPS) is 15.2. The van der Waals surface area contributed by atoms with E-state index < -0.39 is 0 Å². The van der Waals surface area contributed by atoms with Gasteiger partial charge in [0.2, 0.25) is 0 Å². The van der Waals surface area contributed by atoms with E-state index in [1.54, 1.807) is 13.2 Å². The summed E-state index contributed by atoms with van der Waals surface area (Å²) in [5.41, 5.74) is 0.774. The Kier molecular flexibility index (Phi) is 7.07. The van der Waals surface area contributed by atoms with Crippen molar-refractivity contribution in [2.75, 3.05) is 20.3 Å². The van der Waals surface area contributed by atoms with Gasteiger partial charge in [0.25, 0.3) is 11.1 Å². The van der Waals surface area contributed by atoms with Crippen LogP contribution in [0.15, 0.2) is 59.5 Å². The minimum absolute atomic E-state index is 0.187. The summed E-state index contributed by atoms with van der Waals surface area (Å²) in [7, 11) is 1.60. The Bertz CT molecular complexity index is 1210. The predicted octanol–water partition coefficient (Wildman–Crippen LogP) is 6.17. The first-order valence-corrected chi connectivity index (χ1v) is 12.3. The number of amides is 2. The molecule has 1 heterocycles. The van der Waals surface area contributed by atoms with Gasteiger partial charge in [-0.1, -0.05) is 36.4 Å². The number of imide groups is 1. The average molecular weight is 657 g/mol. The van der Waals surface area contributed by atoms with Crippen LogP contribution in [0.1, 0.15) is 5.56 Å². The van der Waals surface area contributed by atoms with E-state index in [0.717, 1.165) is 41.0 Å². The lowest BCUT2D eigenvalue weighted by molar-refractivity contribution is -0.123. The van der Waals surface area contributed by atoms with Crippen molar-refractivity contribution in [3.63, 3.8) is 0 Å². The first kappa shape index (κ1) is 22.4. The number of nitrogens with zero attached hydrogens (tertiary/aromatic N) is 1. The molecule has 0 unspecified atom stereocenters. The van der Waals surface area contributed by atoms with Crippen LogP contribution >= 0.6 is 56.9 Å². The van der Waals surface area contributed by atoms with Crippen molar-refractivity contribution in [3.05, 3.63) is 72.2 Å². The van der Waals surface area contributed by atoms with Gasteiger partial charge in [-0.3, -0.25) is 14.5 Å². The Morgan fingerprint density at radius 1 is 1.06 bits per heavy atom. The lowest BCUT2D eigenvalue weighted by atomic mass is 10.1. The van der Waals surface area contributed by atoms with E-state index in [2.05, 4.69) is 45.2 Å². The summed E-state index contributed by atoms with van der Waals surface area (Å²) >= 11 is 5.35. The fourth-order valence-electron chi connectivity index (χ4n) is 3.31. The number of ether oxygens (including phenoxy) is 2. The zero-order chi connectivity index (χ0) is 22.0. The molecule has 1 aliphatic heterocycles. The van der Waals surface area contributed by atoms with E-state index in [1.807, 2.05) is 54.6 Å². The lowest BCUT2D eigenvalue weighted by Crippen LogP contribution is -2.32. The molecule has 158 valence electrons. The number of carbonyl (C=O) groups is 2. The predicted molar refractivity (Wildman–Crippen MR) is 141 cm³/mol. The maximum atomic E-state index is 12.9. The van der Waals surface area contributed by atoms with E-state index in [4.69, 9.17) is 9.47 Å². The summed E-state index contributed by atoms with van der Waals surface area (Å²) in [4.78, 5) is 26.9. The SMILES string of the molecule is COc1c(I)cc(I)cc1/C=C1\SC(=O)N(CCOc2cccc3ccccc23)C1=O. The maximum Gasteiger partial charge on any atom is 0.293 e. The molecule has 0 radical (unpaired) electrons.